The topological polar surface area (TPSA) is 85.4 Å². The van der Waals surface area contributed by atoms with Gasteiger partial charge in [0.25, 0.3) is 0 Å². The number of aliphatic carboxylic acids is 1. The van der Waals surface area contributed by atoms with E-state index in [1.807, 2.05) is 0 Å². The highest BCUT2D eigenvalue weighted by Gasteiger charge is 2.15. The molecule has 1 unspecified atom stereocenters. The number of hydrogen-bond donors (Lipinski definition) is 2. The lowest BCUT2D eigenvalue weighted by Crippen LogP contribution is -2.21. The lowest BCUT2D eigenvalue weighted by atomic mass is 10.2. The van der Waals surface area contributed by atoms with Gasteiger partial charge in [0, 0.05) is 6.07 Å². The maximum Gasteiger partial charge on any atom is 0.326 e. The Morgan fingerprint density at radius 3 is 2.92 bits per heavy atom. The third-order valence-corrected chi connectivity index (χ3v) is 1.54. The summed E-state index contributed by atoms with van der Waals surface area (Å²) in [7, 11) is 1.46. The van der Waals surface area contributed by atoms with Gasteiger partial charge in [-0.2, -0.15) is 0 Å². The number of ether oxygens (including phenoxy) is 1. The van der Waals surface area contributed by atoms with Crippen LogP contribution in [0, 0.1) is 0 Å². The molecule has 0 saturated carbocycles. The first-order valence-electron chi connectivity index (χ1n) is 3.64. The van der Waals surface area contributed by atoms with Crippen molar-refractivity contribution < 1.29 is 14.6 Å². The molecule has 0 aromatic carbocycles. The smallest absolute Gasteiger partial charge is 0.326 e. The molecule has 0 amide bonds. The third-order valence-electron chi connectivity index (χ3n) is 1.54. The highest BCUT2D eigenvalue weighted by atomic mass is 16.5. The molecule has 1 aromatic heterocycles. The molecule has 0 bridgehead atoms. The second kappa shape index (κ2) is 3.86. The monoisotopic (exact) mass is 182 g/mol. The van der Waals surface area contributed by atoms with Crippen molar-refractivity contribution in [3.8, 4) is 5.88 Å². The Hall–Kier alpha value is -1.62. The van der Waals surface area contributed by atoms with Crippen molar-refractivity contribution >= 4 is 5.97 Å². The Kier molecular flexibility index (Phi) is 2.81. The molecular formula is C8H10N2O3. The van der Waals surface area contributed by atoms with Gasteiger partial charge in [-0.05, 0) is 6.07 Å². The molecule has 5 nitrogen and oxygen atoms in total. The van der Waals surface area contributed by atoms with Crippen LogP contribution in [0.1, 0.15) is 11.7 Å². The van der Waals surface area contributed by atoms with Crippen LogP contribution in [0.2, 0.25) is 0 Å². The number of aromatic nitrogens is 1. The largest absolute Gasteiger partial charge is 0.481 e. The van der Waals surface area contributed by atoms with Crippen molar-refractivity contribution in [3.05, 3.63) is 23.9 Å². The van der Waals surface area contributed by atoms with E-state index in [9.17, 15) is 4.79 Å². The molecule has 1 atom stereocenters. The summed E-state index contributed by atoms with van der Waals surface area (Å²) in [6, 6.07) is 3.71. The molecule has 1 heterocycles. The zero-order chi connectivity index (χ0) is 9.84. The van der Waals surface area contributed by atoms with Crippen LogP contribution in [0.25, 0.3) is 0 Å². The molecular weight excluding hydrogens is 172 g/mol. The molecule has 5 heteroatoms. The zero-order valence-electron chi connectivity index (χ0n) is 7.10. The minimum Gasteiger partial charge on any atom is -0.481 e. The minimum atomic E-state index is -1.11. The van der Waals surface area contributed by atoms with Crippen LogP contribution >= 0.6 is 0 Å². The lowest BCUT2D eigenvalue weighted by Gasteiger charge is -2.06. The number of methoxy groups -OCH3 is 1. The van der Waals surface area contributed by atoms with Crippen molar-refractivity contribution in [3.63, 3.8) is 0 Å². The number of nitrogens with two attached hydrogens (primary N) is 1. The second-order valence-corrected chi connectivity index (χ2v) is 2.42. The van der Waals surface area contributed by atoms with Crippen LogP contribution in [-0.2, 0) is 4.79 Å². The first-order valence-corrected chi connectivity index (χ1v) is 3.64. The van der Waals surface area contributed by atoms with Gasteiger partial charge in [-0.15, -0.1) is 0 Å². The number of pyridine rings is 1. The number of rotatable bonds is 3. The molecule has 0 aliphatic carbocycles. The molecule has 0 aliphatic rings. The number of nitrogens with zero attached hydrogens (tertiary/aromatic N) is 1. The summed E-state index contributed by atoms with van der Waals surface area (Å²) >= 11 is 0. The molecule has 0 spiro atoms. The number of carboxylic acids is 1. The van der Waals surface area contributed by atoms with E-state index < -0.39 is 12.0 Å². The van der Waals surface area contributed by atoms with Gasteiger partial charge in [0.05, 0.1) is 12.8 Å². The number of carbonyl (C=O) groups is 1. The summed E-state index contributed by atoms with van der Waals surface area (Å²) in [5, 5.41) is 8.59. The van der Waals surface area contributed by atoms with Crippen molar-refractivity contribution in [2.75, 3.05) is 7.11 Å². The fraction of sp³-hybridized carbons (Fsp3) is 0.250. The summed E-state index contributed by atoms with van der Waals surface area (Å²) in [6.45, 7) is 0. The first kappa shape index (κ1) is 9.47. The van der Waals surface area contributed by atoms with Crippen LogP contribution in [0.3, 0.4) is 0 Å². The van der Waals surface area contributed by atoms with Gasteiger partial charge in [0.2, 0.25) is 5.88 Å². The minimum absolute atomic E-state index is 0.284. The van der Waals surface area contributed by atoms with Crippen molar-refractivity contribution in [1.29, 1.82) is 0 Å². The maximum absolute atomic E-state index is 10.5. The van der Waals surface area contributed by atoms with Crippen LogP contribution in [0.4, 0.5) is 0 Å². The normalized spacial score (nSPS) is 12.2. The van der Waals surface area contributed by atoms with Gasteiger partial charge in [-0.25, -0.2) is 4.98 Å². The summed E-state index contributed by atoms with van der Waals surface area (Å²) in [6.07, 6.45) is 0. The van der Waals surface area contributed by atoms with Crippen LogP contribution in [-0.4, -0.2) is 23.2 Å². The van der Waals surface area contributed by atoms with E-state index in [0.29, 0.717) is 5.88 Å². The average Bonchev–Trinajstić information content (AvgIpc) is 2.16. The van der Waals surface area contributed by atoms with Gasteiger partial charge >= 0.3 is 5.97 Å². The Bertz CT molecular complexity index is 314. The Balaban J connectivity index is 2.94. The first-order chi connectivity index (χ1) is 6.15. The van der Waals surface area contributed by atoms with Crippen LogP contribution in [0.5, 0.6) is 5.88 Å². The van der Waals surface area contributed by atoms with Crippen LogP contribution in [0.15, 0.2) is 18.2 Å². The fourth-order valence-corrected chi connectivity index (χ4v) is 0.844. The molecule has 3 N–H and O–H groups in total. The predicted molar refractivity (Wildman–Crippen MR) is 45.4 cm³/mol. The van der Waals surface area contributed by atoms with Gasteiger partial charge in [0.1, 0.15) is 6.04 Å². The maximum atomic E-state index is 10.5. The highest BCUT2D eigenvalue weighted by molar-refractivity contribution is 5.74. The van der Waals surface area contributed by atoms with E-state index >= 15 is 0 Å². The van der Waals surface area contributed by atoms with E-state index in [0.717, 1.165) is 0 Å². The zero-order valence-corrected chi connectivity index (χ0v) is 7.10. The Morgan fingerprint density at radius 1 is 1.69 bits per heavy atom. The molecule has 70 valence electrons. The standard InChI is InChI=1S/C8H10N2O3/c1-13-6-4-2-3-5(10-6)7(9)8(11)12/h2-4,7H,9H2,1H3,(H,11,12). The van der Waals surface area contributed by atoms with E-state index in [2.05, 4.69) is 4.98 Å². The lowest BCUT2D eigenvalue weighted by molar-refractivity contribution is -0.138. The van der Waals surface area contributed by atoms with E-state index in [-0.39, 0.29) is 5.69 Å². The summed E-state index contributed by atoms with van der Waals surface area (Å²) in [4.78, 5) is 14.4. The Morgan fingerprint density at radius 2 is 2.38 bits per heavy atom. The molecule has 13 heavy (non-hydrogen) atoms. The SMILES string of the molecule is COc1cccc(C(N)C(=O)O)n1. The van der Waals surface area contributed by atoms with E-state index in [1.54, 1.807) is 18.2 Å². The summed E-state index contributed by atoms with van der Waals surface area (Å²) < 4.78 is 4.83. The quantitative estimate of drug-likeness (QED) is 0.696. The van der Waals surface area contributed by atoms with Crippen molar-refractivity contribution in [2.45, 2.75) is 6.04 Å². The number of carboxylic acid groups (broad SMARTS) is 1. The fourth-order valence-electron chi connectivity index (χ4n) is 0.844. The average molecular weight is 182 g/mol. The van der Waals surface area contributed by atoms with E-state index in [4.69, 9.17) is 15.6 Å². The van der Waals surface area contributed by atoms with Gasteiger partial charge in [-0.1, -0.05) is 6.07 Å². The van der Waals surface area contributed by atoms with E-state index in [1.165, 1.54) is 7.11 Å². The molecule has 0 aliphatic heterocycles. The van der Waals surface area contributed by atoms with Crippen LogP contribution < -0.4 is 10.5 Å². The van der Waals surface area contributed by atoms with Crippen molar-refractivity contribution in [1.82, 2.24) is 4.98 Å². The van der Waals surface area contributed by atoms with Crippen molar-refractivity contribution in [2.24, 2.45) is 5.73 Å². The van der Waals surface area contributed by atoms with Gasteiger partial charge < -0.3 is 15.6 Å². The molecule has 0 fully saturated rings. The molecule has 1 aromatic rings. The van der Waals surface area contributed by atoms with Gasteiger partial charge in [0.15, 0.2) is 0 Å². The summed E-state index contributed by atoms with van der Waals surface area (Å²) in [5.74, 6) is -0.755. The molecule has 1 rings (SSSR count). The second-order valence-electron chi connectivity index (χ2n) is 2.42. The highest BCUT2D eigenvalue weighted by Crippen LogP contribution is 2.12. The third kappa shape index (κ3) is 2.16. The Labute approximate surface area is 75.2 Å². The molecule has 0 radical (unpaired) electrons. The summed E-state index contributed by atoms with van der Waals surface area (Å²) in [5.41, 5.74) is 5.63. The van der Waals surface area contributed by atoms with Gasteiger partial charge in [-0.3, -0.25) is 4.79 Å². The predicted octanol–water partition coefficient (Wildman–Crippen LogP) is 0.175. The molecule has 0 saturated heterocycles. The number of hydrogen-bond acceptors (Lipinski definition) is 4.